The minimum absolute atomic E-state index is 0.0325. The van der Waals surface area contributed by atoms with Crippen molar-refractivity contribution in [3.05, 3.63) is 53.6 Å². The summed E-state index contributed by atoms with van der Waals surface area (Å²) in [6.07, 6.45) is 12.6. The molecule has 0 bridgehead atoms. The molecule has 1 aliphatic rings. The van der Waals surface area contributed by atoms with Gasteiger partial charge in [0.25, 0.3) is 0 Å². The third kappa shape index (κ3) is 8.82. The Morgan fingerprint density at radius 2 is 1.74 bits per heavy atom. The highest BCUT2D eigenvalue weighted by Crippen LogP contribution is 2.41. The number of hydrogen-bond acceptors (Lipinski definition) is 3. The molecule has 2 aromatic rings. The highest BCUT2D eigenvalue weighted by atomic mass is 19.1. The number of nitrogens with zero attached hydrogens (tertiary/aromatic N) is 1. The average Bonchev–Trinajstić information content (AvgIpc) is 2.97. The number of aliphatic carboxylic acids is 1. The summed E-state index contributed by atoms with van der Waals surface area (Å²) in [7, 11) is 0. The average molecular weight is 536 g/mol. The van der Waals surface area contributed by atoms with E-state index in [1.807, 2.05) is 25.1 Å². The molecule has 2 atom stereocenters. The van der Waals surface area contributed by atoms with E-state index in [1.54, 1.807) is 0 Å². The second kappa shape index (κ2) is 15.7. The zero-order valence-electron chi connectivity index (χ0n) is 23.9. The van der Waals surface area contributed by atoms with Crippen LogP contribution in [0.4, 0.5) is 4.39 Å². The Morgan fingerprint density at radius 1 is 1.05 bits per heavy atom. The first kappa shape index (κ1) is 30.7. The van der Waals surface area contributed by atoms with Crippen LogP contribution in [0.25, 0.3) is 11.1 Å². The van der Waals surface area contributed by atoms with Gasteiger partial charge in [-0.1, -0.05) is 95.5 Å². The van der Waals surface area contributed by atoms with Crippen LogP contribution in [-0.2, 0) is 11.2 Å². The molecule has 2 aromatic carbocycles. The van der Waals surface area contributed by atoms with Gasteiger partial charge in [-0.25, -0.2) is 9.18 Å². The fourth-order valence-corrected chi connectivity index (χ4v) is 5.90. The van der Waals surface area contributed by atoms with E-state index in [4.69, 9.17) is 4.74 Å². The number of ether oxygens (including phenoxy) is 1. The number of hydrogen-bond donors (Lipinski definition) is 1. The minimum atomic E-state index is -2.12. The second-order valence-corrected chi connectivity index (χ2v) is 11.3. The standard InChI is InChI=1S/C34H46FNO3/c1-3-5-6-7-11-22-39-32-21-20-29(23-30(32)25-36)28-18-16-27(17-19-28)15-14-26(4-2)24-34(35,33(37)38)31-12-9-8-10-13-31/h16-21,23,26,31H,3-15,22,24H2,1-2H3,(H,37,38)/t26?,34-/m0/s1. The Balaban J connectivity index is 1.57. The first-order chi connectivity index (χ1) is 18.9. The number of alkyl halides is 1. The Bertz CT molecular complexity index is 1070. The lowest BCUT2D eigenvalue weighted by Gasteiger charge is -2.35. The van der Waals surface area contributed by atoms with E-state index in [0.29, 0.717) is 30.8 Å². The van der Waals surface area contributed by atoms with Crippen LogP contribution in [0.2, 0.25) is 0 Å². The number of carbonyl (C=O) groups is 1. The van der Waals surface area contributed by atoms with Crippen LogP contribution < -0.4 is 4.74 Å². The van der Waals surface area contributed by atoms with Gasteiger partial charge < -0.3 is 9.84 Å². The number of nitriles is 1. The first-order valence-electron chi connectivity index (χ1n) is 15.1. The van der Waals surface area contributed by atoms with Gasteiger partial charge in [0.15, 0.2) is 0 Å². The fraction of sp³-hybridized carbons (Fsp3) is 0.588. The van der Waals surface area contributed by atoms with Crippen molar-refractivity contribution in [2.75, 3.05) is 6.61 Å². The molecule has 0 aliphatic heterocycles. The fourth-order valence-electron chi connectivity index (χ4n) is 5.90. The van der Waals surface area contributed by atoms with Crippen LogP contribution >= 0.6 is 0 Å². The number of aryl methyl sites for hydroxylation is 1. The molecule has 3 rings (SSSR count). The zero-order valence-corrected chi connectivity index (χ0v) is 23.9. The SMILES string of the molecule is CCCCCCCOc1ccc(-c2ccc(CCC(CC)C[C@@](F)(C(=O)O)C3CCCCC3)cc2)cc1C#N. The Morgan fingerprint density at radius 3 is 2.38 bits per heavy atom. The van der Waals surface area contributed by atoms with Crippen LogP contribution in [0, 0.1) is 23.2 Å². The smallest absolute Gasteiger partial charge is 0.341 e. The highest BCUT2D eigenvalue weighted by Gasteiger charge is 2.47. The molecule has 39 heavy (non-hydrogen) atoms. The predicted octanol–water partition coefficient (Wildman–Crippen LogP) is 9.30. The normalized spacial score (nSPS) is 16.3. The van der Waals surface area contributed by atoms with Gasteiger partial charge in [0.2, 0.25) is 5.67 Å². The molecule has 0 aromatic heterocycles. The van der Waals surface area contributed by atoms with Gasteiger partial charge in [0.1, 0.15) is 11.8 Å². The van der Waals surface area contributed by atoms with E-state index in [0.717, 1.165) is 68.1 Å². The van der Waals surface area contributed by atoms with Gasteiger partial charge in [-0.15, -0.1) is 0 Å². The van der Waals surface area contributed by atoms with Crippen LogP contribution in [0.3, 0.4) is 0 Å². The molecular weight excluding hydrogens is 489 g/mol. The molecule has 0 spiro atoms. The van der Waals surface area contributed by atoms with E-state index in [1.165, 1.54) is 19.3 Å². The Kier molecular flexibility index (Phi) is 12.3. The molecule has 1 saturated carbocycles. The second-order valence-electron chi connectivity index (χ2n) is 11.3. The summed E-state index contributed by atoms with van der Waals surface area (Å²) in [5.74, 6) is -0.974. The molecule has 212 valence electrons. The number of unbranched alkanes of at least 4 members (excludes halogenated alkanes) is 4. The minimum Gasteiger partial charge on any atom is -0.492 e. The third-order valence-electron chi connectivity index (χ3n) is 8.50. The van der Waals surface area contributed by atoms with Gasteiger partial charge in [-0.2, -0.15) is 5.26 Å². The molecule has 0 saturated heterocycles. The molecule has 0 radical (unpaired) electrons. The highest BCUT2D eigenvalue weighted by molar-refractivity contribution is 5.77. The van der Waals surface area contributed by atoms with Gasteiger partial charge in [0.05, 0.1) is 12.2 Å². The lowest BCUT2D eigenvalue weighted by atomic mass is 9.73. The summed E-state index contributed by atoms with van der Waals surface area (Å²) in [5.41, 5.74) is 1.57. The quantitative estimate of drug-likeness (QED) is 0.217. The maximum atomic E-state index is 15.8. The van der Waals surface area contributed by atoms with E-state index in [2.05, 4.69) is 37.3 Å². The van der Waals surface area contributed by atoms with Crippen molar-refractivity contribution < 1.29 is 19.0 Å². The molecule has 5 heteroatoms. The van der Waals surface area contributed by atoms with E-state index in [9.17, 15) is 15.2 Å². The molecule has 1 fully saturated rings. The lowest BCUT2D eigenvalue weighted by Crippen LogP contribution is -2.44. The number of rotatable bonds is 16. The number of carboxylic acid groups (broad SMARTS) is 1. The van der Waals surface area contributed by atoms with Crippen molar-refractivity contribution in [1.29, 1.82) is 5.26 Å². The Labute approximate surface area is 234 Å². The van der Waals surface area contributed by atoms with Crippen molar-refractivity contribution in [1.82, 2.24) is 0 Å². The van der Waals surface area contributed by atoms with E-state index < -0.39 is 11.6 Å². The molecule has 4 nitrogen and oxygen atoms in total. The topological polar surface area (TPSA) is 70.3 Å². The maximum Gasteiger partial charge on any atom is 0.341 e. The summed E-state index contributed by atoms with van der Waals surface area (Å²) in [4.78, 5) is 12.0. The van der Waals surface area contributed by atoms with Crippen molar-refractivity contribution in [3.63, 3.8) is 0 Å². The predicted molar refractivity (Wildman–Crippen MR) is 156 cm³/mol. The van der Waals surface area contributed by atoms with Crippen molar-refractivity contribution in [3.8, 4) is 22.9 Å². The lowest BCUT2D eigenvalue weighted by molar-refractivity contribution is -0.158. The van der Waals surface area contributed by atoms with Gasteiger partial charge in [-0.05, 0) is 73.3 Å². The molecule has 1 unspecified atom stereocenters. The summed E-state index contributed by atoms with van der Waals surface area (Å²) in [5, 5.41) is 19.4. The summed E-state index contributed by atoms with van der Waals surface area (Å²) in [6.45, 7) is 4.86. The maximum absolute atomic E-state index is 15.8. The van der Waals surface area contributed by atoms with Gasteiger partial charge in [0, 0.05) is 5.92 Å². The van der Waals surface area contributed by atoms with Crippen molar-refractivity contribution in [2.24, 2.45) is 11.8 Å². The zero-order chi connectivity index (χ0) is 28.1. The first-order valence-corrected chi connectivity index (χ1v) is 15.1. The van der Waals surface area contributed by atoms with E-state index >= 15 is 4.39 Å². The number of halogens is 1. The van der Waals surface area contributed by atoms with Crippen LogP contribution in [0.1, 0.15) is 108 Å². The van der Waals surface area contributed by atoms with Crippen molar-refractivity contribution >= 4 is 5.97 Å². The molecule has 0 amide bonds. The summed E-state index contributed by atoms with van der Waals surface area (Å²) < 4.78 is 21.7. The number of benzene rings is 2. The van der Waals surface area contributed by atoms with Crippen LogP contribution in [0.5, 0.6) is 5.75 Å². The van der Waals surface area contributed by atoms with Gasteiger partial charge in [-0.3, -0.25) is 0 Å². The van der Waals surface area contributed by atoms with Crippen LogP contribution in [0.15, 0.2) is 42.5 Å². The summed E-state index contributed by atoms with van der Waals surface area (Å²) in [6, 6.07) is 16.3. The molecule has 0 heterocycles. The van der Waals surface area contributed by atoms with E-state index in [-0.39, 0.29) is 18.3 Å². The van der Waals surface area contributed by atoms with Gasteiger partial charge >= 0.3 is 5.97 Å². The third-order valence-corrected chi connectivity index (χ3v) is 8.50. The molecule has 1 aliphatic carbocycles. The molecule has 1 N–H and O–H groups in total. The molecular formula is C34H46FNO3. The Hall–Kier alpha value is -2.87. The largest absolute Gasteiger partial charge is 0.492 e. The van der Waals surface area contributed by atoms with Crippen molar-refractivity contribution in [2.45, 2.75) is 109 Å². The van der Waals surface area contributed by atoms with Crippen LogP contribution in [-0.4, -0.2) is 23.4 Å². The number of carboxylic acids is 1. The monoisotopic (exact) mass is 535 g/mol. The summed E-state index contributed by atoms with van der Waals surface area (Å²) >= 11 is 0.